The van der Waals surface area contributed by atoms with E-state index in [2.05, 4.69) is 47.3 Å². The van der Waals surface area contributed by atoms with Gasteiger partial charge in [-0.1, -0.05) is 66.7 Å². The van der Waals surface area contributed by atoms with E-state index in [1.807, 2.05) is 105 Å². The highest BCUT2D eigenvalue weighted by molar-refractivity contribution is 5.92. The van der Waals surface area contributed by atoms with Crippen LogP contribution in [0.1, 0.15) is 150 Å². The number of rotatable bonds is 15. The number of nitriles is 4. The molecule has 1 N–H and O–H groups in total. The van der Waals surface area contributed by atoms with Crippen molar-refractivity contribution in [1.82, 2.24) is 0 Å². The number of benzene rings is 3. The zero-order valence-corrected chi connectivity index (χ0v) is 47.2. The lowest BCUT2D eigenvalue weighted by atomic mass is 9.88. The fraction of sp³-hybridized carbons (Fsp3) is 0.545. The molecule has 2 unspecified atom stereocenters. The molecule has 0 bridgehead atoms. The number of azo groups is 2. The number of carbonyl (C=O) groups is 3. The zero-order valence-electron chi connectivity index (χ0n) is 47.2. The van der Waals surface area contributed by atoms with Gasteiger partial charge in [0.2, 0.25) is 0 Å². The highest BCUT2D eigenvalue weighted by Crippen LogP contribution is 2.31. The van der Waals surface area contributed by atoms with Crippen LogP contribution < -0.4 is 0 Å². The first-order valence-corrected chi connectivity index (χ1v) is 23.1. The predicted octanol–water partition coefficient (Wildman–Crippen LogP) is 11.7. The summed E-state index contributed by atoms with van der Waals surface area (Å²) in [6, 6.07) is 34.4. The van der Waals surface area contributed by atoms with E-state index in [0.717, 1.165) is 12.7 Å². The van der Waals surface area contributed by atoms with Gasteiger partial charge in [0.1, 0.15) is 5.60 Å². The van der Waals surface area contributed by atoms with E-state index in [4.69, 9.17) is 34.7 Å². The minimum Gasteiger partial charge on any atom is -0.400 e. The summed E-state index contributed by atoms with van der Waals surface area (Å²) in [6.45, 7) is 28.5. The number of methoxy groups -OCH3 is 3. The van der Waals surface area contributed by atoms with E-state index in [1.165, 1.54) is 6.92 Å². The number of ether oxygens (including phenoxy) is 3. The molecule has 0 aliphatic heterocycles. The van der Waals surface area contributed by atoms with E-state index in [0.29, 0.717) is 24.0 Å². The SMILES string of the molecule is CC(=O)OOC(C)(C)c1ccccc1.CC(C)(C#N)N=NC(C)(C)C#N.CO.COC(C)(C)C.COC(C)(C)CC(C)(C#N)N=NC(C)(C#N)CC(C)(C)OC.O=C(OOC(=O)c1ccccc1)c1ccccc1. The third-order valence-corrected chi connectivity index (χ3v) is 9.38. The summed E-state index contributed by atoms with van der Waals surface area (Å²) in [5.74, 6) is -1.87. The van der Waals surface area contributed by atoms with Crippen molar-refractivity contribution in [3.63, 3.8) is 0 Å². The summed E-state index contributed by atoms with van der Waals surface area (Å²) in [7, 11) is 5.89. The second-order valence-corrected chi connectivity index (χ2v) is 20.1. The molecule has 2 atom stereocenters. The lowest BCUT2D eigenvalue weighted by Gasteiger charge is -2.31. The number of hydrogen-bond acceptors (Lipinski definition) is 19. The molecular formula is C55H80N8O11. The van der Waals surface area contributed by atoms with Crippen LogP contribution in [0.3, 0.4) is 0 Å². The lowest BCUT2D eigenvalue weighted by molar-refractivity contribution is -0.328. The normalized spacial score (nSPS) is 12.9. The van der Waals surface area contributed by atoms with E-state index >= 15 is 0 Å². The molecule has 3 aromatic carbocycles. The second kappa shape index (κ2) is 33.7. The van der Waals surface area contributed by atoms with Gasteiger partial charge in [0.05, 0.1) is 52.2 Å². The molecule has 406 valence electrons. The van der Waals surface area contributed by atoms with Gasteiger partial charge in [0, 0.05) is 48.2 Å². The summed E-state index contributed by atoms with van der Waals surface area (Å²) < 4.78 is 15.6. The van der Waals surface area contributed by atoms with Gasteiger partial charge in [-0.2, -0.15) is 46.4 Å². The molecule has 0 aliphatic rings. The van der Waals surface area contributed by atoms with Crippen molar-refractivity contribution in [2.24, 2.45) is 20.5 Å². The Labute approximate surface area is 439 Å². The van der Waals surface area contributed by atoms with Gasteiger partial charge in [-0.25, -0.2) is 24.2 Å². The summed E-state index contributed by atoms with van der Waals surface area (Å²) in [6.07, 6.45) is 0.761. The number of nitrogens with zero attached hydrogens (tertiary/aromatic N) is 8. The number of aliphatic hydroxyl groups is 1. The minimum absolute atomic E-state index is 0.0417. The molecule has 0 fully saturated rings. The molecule has 0 aromatic heterocycles. The molecule has 0 amide bonds. The highest BCUT2D eigenvalue weighted by atomic mass is 17.2. The Morgan fingerprint density at radius 3 is 1.01 bits per heavy atom. The van der Waals surface area contributed by atoms with Crippen LogP contribution in [0.25, 0.3) is 0 Å². The molecule has 3 rings (SSSR count). The maximum atomic E-state index is 11.5. The molecule has 74 heavy (non-hydrogen) atoms. The monoisotopic (exact) mass is 1030 g/mol. The Hall–Kier alpha value is -6.97. The standard InChI is InChI=1S/C16H28N4O2.C14H10O4.C11H14O3.C8H12N4.C5H12O.CH4O/c1-13(2,21-7)9-15(5,11-17)19-20-16(6,12-18)10-14(3,4)22-8;15-13(11-7-3-1-4-8-11)17-18-14(16)12-9-5-2-6-10-12;1-9(12)13-14-11(2,3)10-7-5-4-6-8-10;1-7(2,5-9)11-12-8(3,4)6-10;1-5(2,3)6-4;1-2/h9-10H2,1-8H3;1-10H;4-8H,1-3H3;1-4H3;1-4H3;2H,1H3. The Bertz CT molecular complexity index is 2220. The van der Waals surface area contributed by atoms with Gasteiger partial charge in [-0.15, -0.1) is 0 Å². The van der Waals surface area contributed by atoms with Gasteiger partial charge < -0.3 is 19.3 Å². The number of hydrogen-bond donors (Lipinski definition) is 1. The molecule has 0 radical (unpaired) electrons. The molecule has 0 heterocycles. The van der Waals surface area contributed by atoms with Crippen molar-refractivity contribution < 1.29 is 53.3 Å². The maximum Gasteiger partial charge on any atom is 0.386 e. The topological polar surface area (TPSA) is 281 Å². The van der Waals surface area contributed by atoms with Gasteiger partial charge in [0.15, 0.2) is 22.2 Å². The summed E-state index contributed by atoms with van der Waals surface area (Å²) in [4.78, 5) is 52.0. The lowest BCUT2D eigenvalue weighted by Crippen LogP contribution is -2.37. The van der Waals surface area contributed by atoms with Crippen LogP contribution in [0, 0.1) is 45.3 Å². The van der Waals surface area contributed by atoms with Gasteiger partial charge in [0.25, 0.3) is 0 Å². The molecule has 0 saturated heterocycles. The fourth-order valence-electron chi connectivity index (χ4n) is 4.88. The van der Waals surface area contributed by atoms with Crippen molar-refractivity contribution in [2.75, 3.05) is 28.4 Å². The van der Waals surface area contributed by atoms with Gasteiger partial charge in [-0.3, -0.25) is 4.89 Å². The molecule has 3 aromatic rings. The van der Waals surface area contributed by atoms with Crippen LogP contribution in [-0.4, -0.2) is 90.4 Å². The highest BCUT2D eigenvalue weighted by Gasteiger charge is 2.37. The first kappa shape index (κ1) is 71.3. The van der Waals surface area contributed by atoms with Gasteiger partial charge >= 0.3 is 17.9 Å². The maximum absolute atomic E-state index is 11.5. The average molecular weight is 1030 g/mol. The molecule has 0 saturated carbocycles. The molecule has 19 heteroatoms. The first-order chi connectivity index (χ1) is 34.0. The Balaban J connectivity index is -0.000000881. The van der Waals surface area contributed by atoms with Crippen LogP contribution >= 0.6 is 0 Å². The van der Waals surface area contributed by atoms with E-state index in [9.17, 15) is 24.9 Å². The van der Waals surface area contributed by atoms with Crippen LogP contribution in [0.2, 0.25) is 0 Å². The quantitative estimate of drug-likeness (QED) is 0.0841. The number of carbonyl (C=O) groups excluding carboxylic acids is 3. The largest absolute Gasteiger partial charge is 0.400 e. The second-order valence-electron chi connectivity index (χ2n) is 20.1. The average Bonchev–Trinajstić information content (AvgIpc) is 3.38. The van der Waals surface area contributed by atoms with Crippen molar-refractivity contribution >= 4 is 17.9 Å². The smallest absolute Gasteiger partial charge is 0.386 e. The van der Waals surface area contributed by atoms with Crippen molar-refractivity contribution in [1.29, 1.82) is 21.0 Å². The van der Waals surface area contributed by atoms with Crippen LogP contribution in [0.5, 0.6) is 0 Å². The van der Waals surface area contributed by atoms with Crippen molar-refractivity contribution in [3.05, 3.63) is 108 Å². The zero-order chi connectivity index (χ0) is 58.1. The Morgan fingerprint density at radius 1 is 0.473 bits per heavy atom. The summed E-state index contributed by atoms with van der Waals surface area (Å²) >= 11 is 0. The molecule has 0 spiro atoms. The number of aliphatic hydroxyl groups excluding tert-OH is 1. The van der Waals surface area contributed by atoms with E-state index in [1.54, 1.807) is 124 Å². The van der Waals surface area contributed by atoms with Crippen molar-refractivity contribution in [3.8, 4) is 24.3 Å². The van der Waals surface area contributed by atoms with E-state index in [-0.39, 0.29) is 5.60 Å². The molecule has 0 aliphatic carbocycles. The van der Waals surface area contributed by atoms with Gasteiger partial charge in [-0.05, 0) is 134 Å². The van der Waals surface area contributed by atoms with Crippen LogP contribution in [0.15, 0.2) is 111 Å². The first-order valence-electron chi connectivity index (χ1n) is 23.1. The third kappa shape index (κ3) is 33.6. The summed E-state index contributed by atoms with van der Waals surface area (Å²) in [5, 5.41) is 58.9. The molecule has 19 nitrogen and oxygen atoms in total. The molecular weight excluding hydrogens is 949 g/mol. The van der Waals surface area contributed by atoms with Crippen LogP contribution in [-0.2, 0) is 44.2 Å². The third-order valence-electron chi connectivity index (χ3n) is 9.38. The fourth-order valence-corrected chi connectivity index (χ4v) is 4.88. The van der Waals surface area contributed by atoms with E-state index < -0.39 is 56.9 Å². The van der Waals surface area contributed by atoms with Crippen molar-refractivity contribution in [2.45, 2.75) is 168 Å². The van der Waals surface area contributed by atoms with Crippen LogP contribution in [0.4, 0.5) is 0 Å². The Kier molecular flexibility index (Phi) is 32.5. The minimum atomic E-state index is -1.05. The summed E-state index contributed by atoms with van der Waals surface area (Å²) in [5.41, 5.74) is -3.76. The Morgan fingerprint density at radius 2 is 0.770 bits per heavy atom. The predicted molar refractivity (Wildman–Crippen MR) is 279 cm³/mol.